The molecule has 4 nitrogen and oxygen atoms in total. The number of carbonyl (C=O) groups excluding carboxylic acids is 1. The van der Waals surface area contributed by atoms with Gasteiger partial charge in [-0.1, -0.05) is 12.1 Å². The van der Waals surface area contributed by atoms with Crippen molar-refractivity contribution in [2.24, 2.45) is 0 Å². The van der Waals surface area contributed by atoms with Gasteiger partial charge in [-0.25, -0.2) is 4.79 Å². The van der Waals surface area contributed by atoms with Crippen molar-refractivity contribution in [3.05, 3.63) is 35.4 Å². The normalized spacial score (nSPS) is 19.2. The molecule has 0 aromatic heterocycles. The maximum absolute atomic E-state index is 11.3. The number of benzene rings is 1. The van der Waals surface area contributed by atoms with Gasteiger partial charge in [-0.3, -0.25) is 4.90 Å². The van der Waals surface area contributed by atoms with Gasteiger partial charge in [0.25, 0.3) is 0 Å². The molecule has 1 atom stereocenters. The van der Waals surface area contributed by atoms with Crippen LogP contribution in [0.4, 0.5) is 0 Å². The van der Waals surface area contributed by atoms with E-state index in [1.165, 1.54) is 19.1 Å². The average Bonchev–Trinajstić information content (AvgIpc) is 2.92. The number of esters is 1. The van der Waals surface area contributed by atoms with Gasteiger partial charge < -0.3 is 10.1 Å². The summed E-state index contributed by atoms with van der Waals surface area (Å²) in [4.78, 5) is 13.7. The number of methoxy groups -OCH3 is 1. The second kappa shape index (κ2) is 5.98. The zero-order chi connectivity index (χ0) is 13.0. The lowest BCUT2D eigenvalue weighted by atomic mass is 10.1. The lowest BCUT2D eigenvalue weighted by Gasteiger charge is -2.23. The molecule has 2 rings (SSSR count). The van der Waals surface area contributed by atoms with Crippen LogP contribution in [0.2, 0.25) is 0 Å². The Morgan fingerprint density at radius 3 is 2.72 bits per heavy atom. The van der Waals surface area contributed by atoms with Gasteiger partial charge in [0.05, 0.1) is 12.7 Å². The summed E-state index contributed by atoms with van der Waals surface area (Å²) >= 11 is 0. The second-order valence-corrected chi connectivity index (χ2v) is 4.75. The molecule has 1 saturated heterocycles. The lowest BCUT2D eigenvalue weighted by Crippen LogP contribution is -2.32. The first-order chi connectivity index (χ1) is 8.70. The van der Waals surface area contributed by atoms with Crippen LogP contribution in [0.15, 0.2) is 24.3 Å². The number of rotatable bonds is 4. The van der Waals surface area contributed by atoms with Crippen molar-refractivity contribution >= 4 is 5.97 Å². The molecule has 1 N–H and O–H groups in total. The van der Waals surface area contributed by atoms with E-state index < -0.39 is 0 Å². The van der Waals surface area contributed by atoms with Gasteiger partial charge in [0.1, 0.15) is 0 Å². The number of likely N-dealkylation sites (N-methyl/N-ethyl adjacent to an activating group) is 1. The third-order valence-electron chi connectivity index (χ3n) is 3.46. The molecular weight excluding hydrogens is 228 g/mol. The van der Waals surface area contributed by atoms with Gasteiger partial charge in [-0.05, 0) is 37.7 Å². The van der Waals surface area contributed by atoms with Gasteiger partial charge >= 0.3 is 5.97 Å². The van der Waals surface area contributed by atoms with Crippen molar-refractivity contribution in [1.82, 2.24) is 10.2 Å². The van der Waals surface area contributed by atoms with Gasteiger partial charge in [0, 0.05) is 19.1 Å². The van der Waals surface area contributed by atoms with Gasteiger partial charge in [0.2, 0.25) is 0 Å². The molecule has 1 aliphatic heterocycles. The number of hydrogen-bond acceptors (Lipinski definition) is 4. The molecule has 4 heteroatoms. The van der Waals surface area contributed by atoms with Crippen molar-refractivity contribution in [2.75, 3.05) is 27.2 Å². The summed E-state index contributed by atoms with van der Waals surface area (Å²) in [6, 6.07) is 8.24. The van der Waals surface area contributed by atoms with Crippen molar-refractivity contribution in [3.63, 3.8) is 0 Å². The number of nitrogens with one attached hydrogen (secondary N) is 1. The molecule has 1 heterocycles. The molecule has 1 aromatic carbocycles. The Morgan fingerprint density at radius 1 is 1.44 bits per heavy atom. The Labute approximate surface area is 108 Å². The van der Waals surface area contributed by atoms with Crippen LogP contribution in [0.5, 0.6) is 0 Å². The highest BCUT2D eigenvalue weighted by atomic mass is 16.5. The van der Waals surface area contributed by atoms with Crippen molar-refractivity contribution in [3.8, 4) is 0 Å². The van der Waals surface area contributed by atoms with Crippen LogP contribution in [-0.2, 0) is 11.3 Å². The Morgan fingerprint density at radius 2 is 2.17 bits per heavy atom. The maximum atomic E-state index is 11.3. The highest BCUT2D eigenvalue weighted by molar-refractivity contribution is 5.89. The molecule has 0 radical (unpaired) electrons. The van der Waals surface area contributed by atoms with E-state index in [2.05, 4.69) is 22.0 Å². The first-order valence-electron chi connectivity index (χ1n) is 6.29. The Kier molecular flexibility index (Phi) is 4.33. The minimum absolute atomic E-state index is 0.283. The van der Waals surface area contributed by atoms with Crippen molar-refractivity contribution in [2.45, 2.75) is 19.0 Å². The number of ether oxygens (including phenoxy) is 1. The first kappa shape index (κ1) is 13.1. The molecular formula is C14H20N2O2. The van der Waals surface area contributed by atoms with E-state index in [-0.39, 0.29) is 5.97 Å². The monoisotopic (exact) mass is 248 g/mol. The van der Waals surface area contributed by atoms with Crippen LogP contribution in [-0.4, -0.2) is 44.2 Å². The molecule has 0 saturated carbocycles. The lowest BCUT2D eigenvalue weighted by molar-refractivity contribution is 0.0600. The number of nitrogens with zero attached hydrogens (tertiary/aromatic N) is 1. The summed E-state index contributed by atoms with van der Waals surface area (Å²) in [5, 5.41) is 3.37. The fraction of sp³-hybridized carbons (Fsp3) is 0.500. The highest BCUT2D eigenvalue weighted by Crippen LogP contribution is 2.12. The highest BCUT2D eigenvalue weighted by Gasteiger charge is 2.18. The Bertz CT molecular complexity index is 397. The molecule has 0 spiro atoms. The molecule has 0 amide bonds. The fourth-order valence-corrected chi connectivity index (χ4v) is 2.30. The molecule has 1 fully saturated rings. The zero-order valence-corrected chi connectivity index (χ0v) is 11.0. The first-order valence-corrected chi connectivity index (χ1v) is 6.29. The average molecular weight is 248 g/mol. The van der Waals surface area contributed by atoms with E-state index in [1.54, 1.807) is 0 Å². The predicted molar refractivity (Wildman–Crippen MR) is 70.5 cm³/mol. The van der Waals surface area contributed by atoms with Crippen LogP contribution < -0.4 is 5.32 Å². The standard InChI is InChI=1S/C14H20N2O2/c1-16(13-7-8-15-9-13)10-11-3-5-12(6-4-11)14(17)18-2/h3-6,13,15H,7-10H2,1-2H3. The SMILES string of the molecule is COC(=O)c1ccc(CN(C)C2CCNC2)cc1. The van der Waals surface area contributed by atoms with Crippen LogP contribution in [0.1, 0.15) is 22.3 Å². The summed E-state index contributed by atoms with van der Waals surface area (Å²) in [6.07, 6.45) is 1.21. The van der Waals surface area contributed by atoms with E-state index in [9.17, 15) is 4.79 Å². The Balaban J connectivity index is 1.95. The van der Waals surface area contributed by atoms with E-state index in [0.717, 1.165) is 19.6 Å². The zero-order valence-electron chi connectivity index (χ0n) is 11.0. The minimum atomic E-state index is -0.283. The molecule has 1 aromatic rings. The Hall–Kier alpha value is -1.39. The molecule has 0 bridgehead atoms. The quantitative estimate of drug-likeness (QED) is 0.815. The third kappa shape index (κ3) is 3.09. The van der Waals surface area contributed by atoms with Crippen LogP contribution in [0.25, 0.3) is 0 Å². The predicted octanol–water partition coefficient (Wildman–Crippen LogP) is 1.27. The summed E-state index contributed by atoms with van der Waals surface area (Å²) in [7, 11) is 3.54. The maximum Gasteiger partial charge on any atom is 0.337 e. The van der Waals surface area contributed by atoms with Crippen LogP contribution in [0.3, 0.4) is 0 Å². The largest absolute Gasteiger partial charge is 0.465 e. The third-order valence-corrected chi connectivity index (χ3v) is 3.46. The molecule has 0 aliphatic carbocycles. The van der Waals surface area contributed by atoms with E-state index in [4.69, 9.17) is 0 Å². The summed E-state index contributed by atoms with van der Waals surface area (Å²) < 4.78 is 4.68. The number of carbonyl (C=O) groups is 1. The van der Waals surface area contributed by atoms with Gasteiger partial charge in [-0.2, -0.15) is 0 Å². The smallest absolute Gasteiger partial charge is 0.337 e. The number of hydrogen-bond donors (Lipinski definition) is 1. The van der Waals surface area contributed by atoms with E-state index in [0.29, 0.717) is 11.6 Å². The summed E-state index contributed by atoms with van der Waals surface area (Å²) in [5.41, 5.74) is 1.82. The van der Waals surface area contributed by atoms with Gasteiger partial charge in [-0.15, -0.1) is 0 Å². The van der Waals surface area contributed by atoms with Crippen molar-refractivity contribution in [1.29, 1.82) is 0 Å². The van der Waals surface area contributed by atoms with E-state index >= 15 is 0 Å². The topological polar surface area (TPSA) is 41.6 Å². The summed E-state index contributed by atoms with van der Waals surface area (Å²) in [6.45, 7) is 3.08. The van der Waals surface area contributed by atoms with E-state index in [1.807, 2.05) is 24.3 Å². The second-order valence-electron chi connectivity index (χ2n) is 4.75. The fourth-order valence-electron chi connectivity index (χ4n) is 2.30. The molecule has 18 heavy (non-hydrogen) atoms. The van der Waals surface area contributed by atoms with Gasteiger partial charge in [0.15, 0.2) is 0 Å². The van der Waals surface area contributed by atoms with Crippen molar-refractivity contribution < 1.29 is 9.53 Å². The molecule has 1 unspecified atom stereocenters. The molecule has 98 valence electrons. The minimum Gasteiger partial charge on any atom is -0.465 e. The molecule has 1 aliphatic rings. The summed E-state index contributed by atoms with van der Waals surface area (Å²) in [5.74, 6) is -0.283. The van der Waals surface area contributed by atoms with Crippen LogP contribution >= 0.6 is 0 Å². The van der Waals surface area contributed by atoms with Crippen LogP contribution in [0, 0.1) is 0 Å².